The van der Waals surface area contributed by atoms with Crippen molar-refractivity contribution in [1.29, 1.82) is 0 Å². The van der Waals surface area contributed by atoms with Crippen molar-refractivity contribution >= 4 is 28.7 Å². The molecule has 0 bridgehead atoms. The largest absolute Gasteiger partial charge is 0.388 e. The van der Waals surface area contributed by atoms with Gasteiger partial charge in [-0.05, 0) is 52.3 Å². The van der Waals surface area contributed by atoms with E-state index in [1.165, 1.54) is 3.57 Å². The molecule has 1 N–H and O–H groups in total. The van der Waals surface area contributed by atoms with Gasteiger partial charge < -0.3 is 5.11 Å². The Bertz CT molecular complexity index is 331. The first-order valence-electron chi connectivity index (χ1n) is 3.91. The molecule has 0 saturated carbocycles. The van der Waals surface area contributed by atoms with Crippen LogP contribution in [0.15, 0.2) is 24.3 Å². The van der Waals surface area contributed by atoms with Crippen LogP contribution in [0.3, 0.4) is 0 Å². The molecule has 62 valence electrons. The monoisotopic (exact) mass is 272 g/mol. The highest BCUT2D eigenvalue weighted by Crippen LogP contribution is 2.28. The van der Waals surface area contributed by atoms with Crippen molar-refractivity contribution in [3.63, 3.8) is 0 Å². The average Bonchev–Trinajstić information content (AvgIpc) is 2.04. The van der Waals surface area contributed by atoms with E-state index in [9.17, 15) is 5.11 Å². The molecule has 0 aliphatic heterocycles. The smallest absolute Gasteiger partial charge is 0.0830 e. The number of hydrogen-bond acceptors (Lipinski definition) is 1. The summed E-state index contributed by atoms with van der Waals surface area (Å²) in [5, 5.41) is 9.60. The lowest BCUT2D eigenvalue weighted by Gasteiger charge is -2.16. The summed E-state index contributed by atoms with van der Waals surface area (Å²) in [6, 6.07) is 6.13. The fraction of sp³-hybridized carbons (Fsp3) is 0.200. The Morgan fingerprint density at radius 1 is 1.42 bits per heavy atom. The Morgan fingerprint density at radius 3 is 3.08 bits per heavy atom. The van der Waals surface area contributed by atoms with E-state index < -0.39 is 0 Å². The Labute approximate surface area is 85.3 Å². The van der Waals surface area contributed by atoms with Crippen molar-refractivity contribution in [1.82, 2.24) is 0 Å². The summed E-state index contributed by atoms with van der Waals surface area (Å²) in [6.07, 6.45) is 4.53. The van der Waals surface area contributed by atoms with E-state index in [1.807, 2.05) is 18.2 Å². The van der Waals surface area contributed by atoms with Gasteiger partial charge in [0.05, 0.1) is 6.10 Å². The van der Waals surface area contributed by atoms with Crippen LogP contribution in [0.25, 0.3) is 6.08 Å². The van der Waals surface area contributed by atoms with Crippen LogP contribution >= 0.6 is 22.6 Å². The summed E-state index contributed by atoms with van der Waals surface area (Å²) in [4.78, 5) is 0. The minimum absolute atomic E-state index is 0.304. The number of halogens is 1. The maximum absolute atomic E-state index is 9.60. The van der Waals surface area contributed by atoms with Crippen molar-refractivity contribution in [2.24, 2.45) is 0 Å². The molecule has 0 saturated heterocycles. The summed E-state index contributed by atoms with van der Waals surface area (Å²) < 4.78 is 1.21. The second kappa shape index (κ2) is 3.18. The third-order valence-electron chi connectivity index (χ3n) is 2.06. The predicted octanol–water partition coefficient (Wildman–Crippen LogP) is 2.74. The molecule has 1 aliphatic carbocycles. The molecule has 0 radical (unpaired) electrons. The van der Waals surface area contributed by atoms with Gasteiger partial charge in [0.1, 0.15) is 0 Å². The van der Waals surface area contributed by atoms with Crippen LogP contribution in [0.4, 0.5) is 0 Å². The normalized spacial score (nSPS) is 20.7. The Hall–Kier alpha value is -0.350. The first kappa shape index (κ1) is 8.26. The van der Waals surface area contributed by atoms with Gasteiger partial charge in [-0.1, -0.05) is 18.2 Å². The number of aliphatic hydroxyl groups excluding tert-OH is 1. The van der Waals surface area contributed by atoms with Gasteiger partial charge in [-0.2, -0.15) is 0 Å². The minimum atomic E-state index is -0.304. The van der Waals surface area contributed by atoms with Gasteiger partial charge in [0.2, 0.25) is 0 Å². The summed E-state index contributed by atoms with van der Waals surface area (Å²) in [5.41, 5.74) is 2.21. The molecule has 2 heteroatoms. The summed E-state index contributed by atoms with van der Waals surface area (Å²) in [6.45, 7) is 0. The number of rotatable bonds is 0. The van der Waals surface area contributed by atoms with Crippen LogP contribution in [0.2, 0.25) is 0 Å². The summed E-state index contributed by atoms with van der Waals surface area (Å²) in [5.74, 6) is 0. The standard InChI is InChI=1S/C10H9IO/c11-8-4-5-9-7(6-8)2-1-3-10(9)12/h1-2,4-6,10,12H,3H2. The number of aliphatic hydroxyl groups is 1. The molecule has 0 spiro atoms. The predicted molar refractivity (Wildman–Crippen MR) is 57.8 cm³/mol. The van der Waals surface area contributed by atoms with Crippen LogP contribution in [-0.2, 0) is 0 Å². The van der Waals surface area contributed by atoms with E-state index in [-0.39, 0.29) is 6.10 Å². The first-order valence-corrected chi connectivity index (χ1v) is 4.99. The molecular formula is C10H9IO. The fourth-order valence-electron chi connectivity index (χ4n) is 1.44. The zero-order valence-electron chi connectivity index (χ0n) is 6.50. The van der Waals surface area contributed by atoms with Gasteiger partial charge in [-0.3, -0.25) is 0 Å². The molecule has 12 heavy (non-hydrogen) atoms. The number of benzene rings is 1. The van der Waals surface area contributed by atoms with Crippen molar-refractivity contribution in [2.45, 2.75) is 12.5 Å². The molecule has 0 amide bonds. The van der Waals surface area contributed by atoms with Crippen molar-refractivity contribution < 1.29 is 5.11 Å². The summed E-state index contributed by atoms with van der Waals surface area (Å²) in [7, 11) is 0. The van der Waals surface area contributed by atoms with Gasteiger partial charge in [0.25, 0.3) is 0 Å². The van der Waals surface area contributed by atoms with Crippen molar-refractivity contribution in [3.05, 3.63) is 39.0 Å². The molecular weight excluding hydrogens is 263 g/mol. The lowest BCUT2D eigenvalue weighted by Crippen LogP contribution is -2.02. The lowest BCUT2D eigenvalue weighted by molar-refractivity contribution is 0.180. The fourth-order valence-corrected chi connectivity index (χ4v) is 1.96. The summed E-state index contributed by atoms with van der Waals surface area (Å²) >= 11 is 2.28. The lowest BCUT2D eigenvalue weighted by atomic mass is 9.95. The van der Waals surface area contributed by atoms with Crippen LogP contribution in [-0.4, -0.2) is 5.11 Å². The molecule has 1 unspecified atom stereocenters. The molecule has 1 aromatic rings. The Kier molecular flexibility index (Phi) is 2.19. The molecule has 0 fully saturated rings. The number of fused-ring (bicyclic) bond motifs is 1. The second-order valence-electron chi connectivity index (χ2n) is 2.93. The molecule has 1 nitrogen and oxygen atoms in total. The molecule has 1 atom stereocenters. The molecule has 1 aromatic carbocycles. The van der Waals surface area contributed by atoms with Gasteiger partial charge in [0.15, 0.2) is 0 Å². The second-order valence-corrected chi connectivity index (χ2v) is 4.17. The Morgan fingerprint density at radius 2 is 2.25 bits per heavy atom. The topological polar surface area (TPSA) is 20.2 Å². The zero-order chi connectivity index (χ0) is 8.55. The molecule has 0 heterocycles. The third-order valence-corrected chi connectivity index (χ3v) is 2.74. The van der Waals surface area contributed by atoms with E-state index in [0.29, 0.717) is 0 Å². The zero-order valence-corrected chi connectivity index (χ0v) is 8.65. The SMILES string of the molecule is OC1CC=Cc2cc(I)ccc21. The number of hydrogen-bond donors (Lipinski definition) is 1. The van der Waals surface area contributed by atoms with Gasteiger partial charge in [-0.15, -0.1) is 0 Å². The van der Waals surface area contributed by atoms with E-state index in [0.717, 1.165) is 17.5 Å². The van der Waals surface area contributed by atoms with Crippen molar-refractivity contribution in [3.8, 4) is 0 Å². The van der Waals surface area contributed by atoms with Crippen molar-refractivity contribution in [2.75, 3.05) is 0 Å². The highest BCUT2D eigenvalue weighted by atomic mass is 127. The maximum Gasteiger partial charge on any atom is 0.0830 e. The first-order chi connectivity index (χ1) is 5.77. The van der Waals surface area contributed by atoms with E-state index in [1.54, 1.807) is 0 Å². The van der Waals surface area contributed by atoms with E-state index in [4.69, 9.17) is 0 Å². The maximum atomic E-state index is 9.60. The minimum Gasteiger partial charge on any atom is -0.388 e. The van der Waals surface area contributed by atoms with E-state index >= 15 is 0 Å². The average molecular weight is 272 g/mol. The van der Waals surface area contributed by atoms with Crippen LogP contribution in [0.5, 0.6) is 0 Å². The quantitative estimate of drug-likeness (QED) is 0.720. The Balaban J connectivity index is 2.55. The van der Waals surface area contributed by atoms with Crippen LogP contribution in [0, 0.1) is 3.57 Å². The van der Waals surface area contributed by atoms with Gasteiger partial charge >= 0.3 is 0 Å². The van der Waals surface area contributed by atoms with Crippen LogP contribution in [0.1, 0.15) is 23.7 Å². The highest BCUT2D eigenvalue weighted by Gasteiger charge is 2.13. The van der Waals surface area contributed by atoms with E-state index in [2.05, 4.69) is 34.7 Å². The van der Waals surface area contributed by atoms with Gasteiger partial charge in [-0.25, -0.2) is 0 Å². The molecule has 2 rings (SSSR count). The molecule has 0 aromatic heterocycles. The highest BCUT2D eigenvalue weighted by molar-refractivity contribution is 14.1. The third kappa shape index (κ3) is 1.41. The van der Waals surface area contributed by atoms with Crippen LogP contribution < -0.4 is 0 Å². The van der Waals surface area contributed by atoms with Gasteiger partial charge in [0, 0.05) is 3.57 Å². The molecule has 1 aliphatic rings.